The van der Waals surface area contributed by atoms with Gasteiger partial charge in [-0.3, -0.25) is 14.9 Å². The first kappa shape index (κ1) is 20.9. The van der Waals surface area contributed by atoms with Gasteiger partial charge in [-0.2, -0.15) is 0 Å². The number of ketones is 1. The fourth-order valence-electron chi connectivity index (χ4n) is 3.08. The molecule has 0 saturated heterocycles. The van der Waals surface area contributed by atoms with E-state index in [1.54, 1.807) is 62.8 Å². The number of carbonyl (C=O) groups excluding carboxylic acids is 1. The highest BCUT2D eigenvalue weighted by atomic mass is 16.6. The third-order valence-electron chi connectivity index (χ3n) is 4.72. The summed E-state index contributed by atoms with van der Waals surface area (Å²) in [7, 11) is 3.15. The van der Waals surface area contributed by atoms with Crippen LogP contribution in [0.2, 0.25) is 0 Å². The van der Waals surface area contributed by atoms with Crippen LogP contribution in [0.4, 0.5) is 11.4 Å². The molecule has 7 heteroatoms. The van der Waals surface area contributed by atoms with Crippen molar-refractivity contribution < 1.29 is 19.2 Å². The van der Waals surface area contributed by atoms with Crippen molar-refractivity contribution in [3.8, 4) is 11.5 Å². The van der Waals surface area contributed by atoms with Gasteiger partial charge >= 0.3 is 0 Å². The van der Waals surface area contributed by atoms with Gasteiger partial charge in [-0.05, 0) is 54.1 Å². The van der Waals surface area contributed by atoms with E-state index in [2.05, 4.69) is 5.32 Å². The van der Waals surface area contributed by atoms with Gasteiger partial charge in [0.2, 0.25) is 0 Å². The van der Waals surface area contributed by atoms with E-state index in [9.17, 15) is 14.9 Å². The Morgan fingerprint density at radius 1 is 0.967 bits per heavy atom. The molecule has 1 atom stereocenters. The second-order valence-corrected chi connectivity index (χ2v) is 6.63. The Labute approximate surface area is 174 Å². The van der Waals surface area contributed by atoms with Crippen molar-refractivity contribution in [1.29, 1.82) is 0 Å². The summed E-state index contributed by atoms with van der Waals surface area (Å²) in [6.45, 7) is 0. The van der Waals surface area contributed by atoms with E-state index >= 15 is 0 Å². The lowest BCUT2D eigenvalue weighted by Crippen LogP contribution is -2.16. The van der Waals surface area contributed by atoms with Crippen molar-refractivity contribution in [2.75, 3.05) is 19.5 Å². The van der Waals surface area contributed by atoms with Gasteiger partial charge in [-0.15, -0.1) is 0 Å². The molecule has 0 aliphatic rings. The second-order valence-electron chi connectivity index (χ2n) is 6.63. The zero-order valence-corrected chi connectivity index (χ0v) is 16.7. The maximum absolute atomic E-state index is 12.9. The Balaban J connectivity index is 1.88. The number of ether oxygens (including phenoxy) is 2. The summed E-state index contributed by atoms with van der Waals surface area (Å²) in [5, 5.41) is 14.5. The average Bonchev–Trinajstić information content (AvgIpc) is 2.79. The highest BCUT2D eigenvalue weighted by Crippen LogP contribution is 2.28. The Bertz CT molecular complexity index is 1020. The molecule has 3 aromatic rings. The van der Waals surface area contributed by atoms with Gasteiger partial charge in [0.05, 0.1) is 25.2 Å². The molecule has 154 valence electrons. The Morgan fingerprint density at radius 3 is 2.13 bits per heavy atom. The number of hydrogen-bond donors (Lipinski definition) is 1. The van der Waals surface area contributed by atoms with Crippen LogP contribution in [-0.2, 0) is 0 Å². The number of rotatable bonds is 9. The first-order valence-corrected chi connectivity index (χ1v) is 9.32. The van der Waals surface area contributed by atoms with Gasteiger partial charge in [0.15, 0.2) is 5.78 Å². The molecule has 30 heavy (non-hydrogen) atoms. The number of Topliss-reactive ketones (excluding diaryl/α,β-unsaturated/α-hetero) is 1. The van der Waals surface area contributed by atoms with E-state index in [4.69, 9.17) is 9.47 Å². The predicted molar refractivity (Wildman–Crippen MR) is 114 cm³/mol. The third kappa shape index (κ3) is 5.14. The first-order valence-electron chi connectivity index (χ1n) is 9.32. The molecule has 3 rings (SSSR count). The molecule has 0 aromatic heterocycles. The number of non-ortho nitro benzene ring substituents is 1. The molecule has 0 bridgehead atoms. The van der Waals surface area contributed by atoms with Gasteiger partial charge in [-0.1, -0.05) is 12.1 Å². The maximum atomic E-state index is 12.9. The average molecular weight is 406 g/mol. The molecule has 1 N–H and O–H groups in total. The molecule has 7 nitrogen and oxygen atoms in total. The molecule has 3 aromatic carbocycles. The number of hydrogen-bond acceptors (Lipinski definition) is 6. The number of carbonyl (C=O) groups is 1. The molecule has 0 heterocycles. The Morgan fingerprint density at radius 2 is 1.57 bits per heavy atom. The van der Waals surface area contributed by atoms with Crippen LogP contribution in [0.25, 0.3) is 0 Å². The van der Waals surface area contributed by atoms with E-state index in [1.165, 1.54) is 12.1 Å². The van der Waals surface area contributed by atoms with Crippen LogP contribution in [0.15, 0.2) is 72.8 Å². The number of anilines is 1. The highest BCUT2D eigenvalue weighted by molar-refractivity contribution is 5.96. The van der Waals surface area contributed by atoms with Gasteiger partial charge < -0.3 is 14.8 Å². The lowest BCUT2D eigenvalue weighted by atomic mass is 9.97. The zero-order valence-electron chi connectivity index (χ0n) is 16.7. The first-order chi connectivity index (χ1) is 14.5. The normalized spacial score (nSPS) is 11.4. The number of nitrogens with zero attached hydrogens (tertiary/aromatic N) is 1. The molecule has 0 spiro atoms. The van der Waals surface area contributed by atoms with Gasteiger partial charge in [0, 0.05) is 29.8 Å². The minimum absolute atomic E-state index is 0.0223. The number of methoxy groups -OCH3 is 2. The molecular weight excluding hydrogens is 384 g/mol. The Hall–Kier alpha value is -3.87. The number of nitro benzene ring substituents is 1. The molecule has 1 unspecified atom stereocenters. The fourth-order valence-corrected chi connectivity index (χ4v) is 3.08. The Kier molecular flexibility index (Phi) is 6.64. The van der Waals surface area contributed by atoms with Crippen LogP contribution < -0.4 is 14.8 Å². The summed E-state index contributed by atoms with van der Waals surface area (Å²) >= 11 is 0. The van der Waals surface area contributed by atoms with Gasteiger partial charge in [0.1, 0.15) is 11.5 Å². The van der Waals surface area contributed by atoms with E-state index in [0.29, 0.717) is 22.6 Å². The number of nitro groups is 1. The van der Waals surface area contributed by atoms with Crippen molar-refractivity contribution in [3.63, 3.8) is 0 Å². The van der Waals surface area contributed by atoms with Crippen molar-refractivity contribution in [2.24, 2.45) is 0 Å². The number of benzene rings is 3. The van der Waals surface area contributed by atoms with E-state index in [0.717, 1.165) is 5.69 Å². The molecule has 0 aliphatic carbocycles. The van der Waals surface area contributed by atoms with Crippen LogP contribution >= 0.6 is 0 Å². The van der Waals surface area contributed by atoms with Crippen molar-refractivity contribution in [2.45, 2.75) is 12.5 Å². The van der Waals surface area contributed by atoms with E-state index < -0.39 is 11.0 Å². The standard InChI is InChI=1S/C23H22N2O5/c1-29-20-10-6-16(7-11-20)23(26)15-22(17-4-3-5-19(14-17)25(27)28)24-18-8-12-21(30-2)13-9-18/h3-14,22,24H,15H2,1-2H3. The quantitative estimate of drug-likeness (QED) is 0.304. The summed E-state index contributed by atoms with van der Waals surface area (Å²) < 4.78 is 10.3. The highest BCUT2D eigenvalue weighted by Gasteiger charge is 2.20. The van der Waals surface area contributed by atoms with Crippen molar-refractivity contribution >= 4 is 17.2 Å². The zero-order chi connectivity index (χ0) is 21.5. The largest absolute Gasteiger partial charge is 0.497 e. The van der Waals surface area contributed by atoms with Crippen LogP contribution in [-0.4, -0.2) is 24.9 Å². The van der Waals surface area contributed by atoms with Crippen LogP contribution in [0.5, 0.6) is 11.5 Å². The van der Waals surface area contributed by atoms with Crippen LogP contribution in [0.1, 0.15) is 28.4 Å². The predicted octanol–water partition coefficient (Wildman–Crippen LogP) is 5.04. The molecular formula is C23H22N2O5. The maximum Gasteiger partial charge on any atom is 0.269 e. The van der Waals surface area contributed by atoms with Crippen LogP contribution in [0.3, 0.4) is 0 Å². The van der Waals surface area contributed by atoms with Crippen LogP contribution in [0, 0.1) is 10.1 Å². The summed E-state index contributed by atoms with van der Waals surface area (Å²) in [5.74, 6) is 1.29. The summed E-state index contributed by atoms with van der Waals surface area (Å²) in [6.07, 6.45) is 0.125. The second kappa shape index (κ2) is 9.56. The topological polar surface area (TPSA) is 90.7 Å². The molecule has 0 saturated carbocycles. The molecule has 0 radical (unpaired) electrons. The SMILES string of the molecule is COc1ccc(NC(CC(=O)c2ccc(OC)cc2)c2cccc([N+](=O)[O-])c2)cc1. The third-order valence-corrected chi connectivity index (χ3v) is 4.72. The minimum Gasteiger partial charge on any atom is -0.497 e. The molecule has 0 amide bonds. The monoisotopic (exact) mass is 406 g/mol. The van der Waals surface area contributed by atoms with E-state index in [1.807, 2.05) is 12.1 Å². The minimum atomic E-state index is -0.451. The summed E-state index contributed by atoms with van der Waals surface area (Å²) in [6, 6.07) is 20.0. The van der Waals surface area contributed by atoms with Crippen molar-refractivity contribution in [3.05, 3.63) is 94.0 Å². The summed E-state index contributed by atoms with van der Waals surface area (Å²) in [5.41, 5.74) is 1.95. The van der Waals surface area contributed by atoms with Gasteiger partial charge in [-0.25, -0.2) is 0 Å². The number of nitrogens with one attached hydrogen (secondary N) is 1. The smallest absolute Gasteiger partial charge is 0.269 e. The molecule has 0 fully saturated rings. The fraction of sp³-hybridized carbons (Fsp3) is 0.174. The lowest BCUT2D eigenvalue weighted by Gasteiger charge is -2.20. The van der Waals surface area contributed by atoms with E-state index in [-0.39, 0.29) is 17.9 Å². The van der Waals surface area contributed by atoms with Crippen molar-refractivity contribution in [1.82, 2.24) is 0 Å². The summed E-state index contributed by atoms with van der Waals surface area (Å²) in [4.78, 5) is 23.7. The lowest BCUT2D eigenvalue weighted by molar-refractivity contribution is -0.384. The molecule has 0 aliphatic heterocycles. The van der Waals surface area contributed by atoms with Gasteiger partial charge in [0.25, 0.3) is 5.69 Å².